The molecule has 4 rings (SSSR count). The van der Waals surface area contributed by atoms with Crippen LogP contribution in [-0.4, -0.2) is 45.1 Å². The highest BCUT2D eigenvalue weighted by Gasteiger charge is 2.21. The number of ether oxygens (including phenoxy) is 1. The van der Waals surface area contributed by atoms with Gasteiger partial charge in [-0.05, 0) is 66.9 Å². The lowest BCUT2D eigenvalue weighted by Gasteiger charge is -2.22. The lowest BCUT2D eigenvalue weighted by Crippen LogP contribution is -2.40. The van der Waals surface area contributed by atoms with E-state index in [0.717, 1.165) is 41.3 Å². The van der Waals surface area contributed by atoms with Gasteiger partial charge in [0.25, 0.3) is 0 Å². The summed E-state index contributed by atoms with van der Waals surface area (Å²) in [4.78, 5) is 15.1. The molecular weight excluding hydrogens is 474 g/mol. The number of amides is 1. The fourth-order valence-electron chi connectivity index (χ4n) is 4.20. The molecule has 7 nitrogen and oxygen atoms in total. The summed E-state index contributed by atoms with van der Waals surface area (Å²) in [5.74, 6) is 0.250. The van der Waals surface area contributed by atoms with Gasteiger partial charge in [0.2, 0.25) is 15.9 Å². The molecule has 1 N–H and O–H groups in total. The van der Waals surface area contributed by atoms with Crippen LogP contribution in [0.4, 0.5) is 5.69 Å². The predicted octanol–water partition coefficient (Wildman–Crippen LogP) is 3.94. The summed E-state index contributed by atoms with van der Waals surface area (Å²) in [6.07, 6.45) is 3.63. The molecular formula is C28H33N3O4S. The number of hydrogen-bond acceptors (Lipinski definition) is 5. The Labute approximate surface area is 213 Å². The van der Waals surface area contributed by atoms with Gasteiger partial charge in [0, 0.05) is 13.1 Å². The molecule has 8 heteroatoms. The normalized spacial score (nSPS) is 13.9. The van der Waals surface area contributed by atoms with Crippen molar-refractivity contribution in [3.63, 3.8) is 0 Å². The summed E-state index contributed by atoms with van der Waals surface area (Å²) >= 11 is 0. The van der Waals surface area contributed by atoms with Gasteiger partial charge in [-0.1, -0.05) is 54.6 Å². The summed E-state index contributed by atoms with van der Waals surface area (Å²) in [6, 6.07) is 24.7. The molecule has 3 aromatic rings. The second-order valence-corrected chi connectivity index (χ2v) is 11.0. The van der Waals surface area contributed by atoms with Crippen molar-refractivity contribution in [2.45, 2.75) is 32.5 Å². The van der Waals surface area contributed by atoms with Crippen molar-refractivity contribution in [2.24, 2.45) is 0 Å². The number of rotatable bonds is 11. The third kappa shape index (κ3) is 7.57. The first kappa shape index (κ1) is 25.7. The minimum atomic E-state index is -3.65. The van der Waals surface area contributed by atoms with Crippen LogP contribution in [-0.2, 0) is 34.5 Å². The van der Waals surface area contributed by atoms with Crippen molar-refractivity contribution in [1.29, 1.82) is 0 Å². The predicted molar refractivity (Wildman–Crippen MR) is 142 cm³/mol. The van der Waals surface area contributed by atoms with Gasteiger partial charge in [0.05, 0.1) is 11.9 Å². The molecule has 1 fully saturated rings. The first-order valence-corrected chi connectivity index (χ1v) is 14.0. The SMILES string of the molecule is CS(=O)(=O)N(CC(=O)NCc1ccc(CN2CCCC2)cc1)c1ccc(OCc2ccccc2)cc1. The summed E-state index contributed by atoms with van der Waals surface area (Å²) in [5, 5.41) is 2.83. The van der Waals surface area contributed by atoms with Crippen LogP contribution in [0.1, 0.15) is 29.5 Å². The average Bonchev–Trinajstić information content (AvgIpc) is 3.39. The Morgan fingerprint density at radius 3 is 2.17 bits per heavy atom. The van der Waals surface area contributed by atoms with E-state index in [0.29, 0.717) is 24.6 Å². The van der Waals surface area contributed by atoms with E-state index in [-0.39, 0.29) is 12.5 Å². The van der Waals surface area contributed by atoms with Gasteiger partial charge in [-0.2, -0.15) is 0 Å². The Morgan fingerprint density at radius 2 is 1.53 bits per heavy atom. The molecule has 0 radical (unpaired) electrons. The third-order valence-corrected chi connectivity index (χ3v) is 7.32. The van der Waals surface area contributed by atoms with Crippen molar-refractivity contribution >= 4 is 21.6 Å². The number of nitrogens with one attached hydrogen (secondary N) is 1. The Morgan fingerprint density at radius 1 is 0.889 bits per heavy atom. The van der Waals surface area contributed by atoms with Crippen LogP contribution in [0.5, 0.6) is 5.75 Å². The highest BCUT2D eigenvalue weighted by atomic mass is 32.2. The first-order chi connectivity index (χ1) is 17.4. The van der Waals surface area contributed by atoms with Crippen molar-refractivity contribution in [3.05, 3.63) is 95.6 Å². The molecule has 0 aromatic heterocycles. The molecule has 1 aliphatic rings. The van der Waals surface area contributed by atoms with E-state index >= 15 is 0 Å². The zero-order valence-electron chi connectivity index (χ0n) is 20.6. The lowest BCUT2D eigenvalue weighted by atomic mass is 10.1. The summed E-state index contributed by atoms with van der Waals surface area (Å²) in [5.41, 5.74) is 3.67. The number of carbonyl (C=O) groups is 1. The number of sulfonamides is 1. The van der Waals surface area contributed by atoms with Crippen LogP contribution in [0.25, 0.3) is 0 Å². The molecule has 1 heterocycles. The van der Waals surface area contributed by atoms with Crippen LogP contribution in [0.2, 0.25) is 0 Å². The van der Waals surface area contributed by atoms with E-state index in [9.17, 15) is 13.2 Å². The fourth-order valence-corrected chi connectivity index (χ4v) is 5.05. The molecule has 3 aromatic carbocycles. The van der Waals surface area contributed by atoms with Crippen LogP contribution in [0, 0.1) is 0 Å². The lowest BCUT2D eigenvalue weighted by molar-refractivity contribution is -0.119. The summed E-state index contributed by atoms with van der Waals surface area (Å²) in [7, 11) is -3.65. The van der Waals surface area contributed by atoms with Crippen molar-refractivity contribution < 1.29 is 17.9 Å². The second kappa shape index (κ2) is 12.1. The maximum atomic E-state index is 12.6. The Kier molecular flexibility index (Phi) is 8.61. The minimum absolute atomic E-state index is 0.296. The van der Waals surface area contributed by atoms with Gasteiger partial charge in [0.15, 0.2) is 0 Å². The molecule has 1 saturated heterocycles. The van der Waals surface area contributed by atoms with Gasteiger partial charge < -0.3 is 10.1 Å². The fraction of sp³-hybridized carbons (Fsp3) is 0.321. The molecule has 190 valence electrons. The number of benzene rings is 3. The van der Waals surface area contributed by atoms with E-state index in [1.54, 1.807) is 24.3 Å². The zero-order chi connectivity index (χ0) is 25.4. The van der Waals surface area contributed by atoms with Crippen LogP contribution in [0.3, 0.4) is 0 Å². The molecule has 0 spiro atoms. The quantitative estimate of drug-likeness (QED) is 0.425. The molecule has 0 aliphatic carbocycles. The maximum absolute atomic E-state index is 12.6. The highest BCUT2D eigenvalue weighted by molar-refractivity contribution is 7.92. The van der Waals surface area contributed by atoms with Crippen molar-refractivity contribution in [2.75, 3.05) is 30.2 Å². The molecule has 1 aliphatic heterocycles. The Bertz CT molecular complexity index is 1220. The van der Waals surface area contributed by atoms with Crippen LogP contribution in [0.15, 0.2) is 78.9 Å². The van der Waals surface area contributed by atoms with Crippen molar-refractivity contribution in [3.8, 4) is 5.75 Å². The van der Waals surface area contributed by atoms with Gasteiger partial charge in [-0.25, -0.2) is 8.42 Å². The van der Waals surface area contributed by atoms with Gasteiger partial charge in [-0.15, -0.1) is 0 Å². The maximum Gasteiger partial charge on any atom is 0.241 e. The number of carbonyl (C=O) groups excluding carboxylic acids is 1. The van der Waals surface area contributed by atoms with Crippen molar-refractivity contribution in [1.82, 2.24) is 10.2 Å². The average molecular weight is 508 g/mol. The molecule has 0 saturated carbocycles. The summed E-state index contributed by atoms with van der Waals surface area (Å²) in [6.45, 7) is 3.71. The molecule has 0 unspecified atom stereocenters. The zero-order valence-corrected chi connectivity index (χ0v) is 21.4. The van der Waals surface area contributed by atoms with Gasteiger partial charge in [0.1, 0.15) is 18.9 Å². The number of likely N-dealkylation sites (tertiary alicyclic amines) is 1. The van der Waals surface area contributed by atoms with Gasteiger partial charge in [-0.3, -0.25) is 14.0 Å². The highest BCUT2D eigenvalue weighted by Crippen LogP contribution is 2.22. The standard InChI is InChI=1S/C28H33N3O4S/c1-36(33,34)31(26-13-15-27(16-14-26)35-22-25-7-3-2-4-8-25)21-28(32)29-19-23-9-11-24(12-10-23)20-30-17-5-6-18-30/h2-4,7-16H,5-6,17-22H2,1H3,(H,29,32). The molecule has 36 heavy (non-hydrogen) atoms. The van der Waals surface area contributed by atoms with Gasteiger partial charge >= 0.3 is 0 Å². The third-order valence-electron chi connectivity index (χ3n) is 6.18. The minimum Gasteiger partial charge on any atom is -0.489 e. The number of anilines is 1. The van der Waals surface area contributed by atoms with E-state index in [1.807, 2.05) is 42.5 Å². The van der Waals surface area contributed by atoms with Crippen LogP contribution < -0.4 is 14.4 Å². The first-order valence-electron chi connectivity index (χ1n) is 12.2. The van der Waals surface area contributed by atoms with E-state index in [2.05, 4.69) is 22.3 Å². The molecule has 0 bridgehead atoms. The Hall–Kier alpha value is -3.36. The van der Waals surface area contributed by atoms with E-state index in [4.69, 9.17) is 4.74 Å². The Balaban J connectivity index is 1.30. The molecule has 0 atom stereocenters. The monoisotopic (exact) mass is 507 g/mol. The smallest absolute Gasteiger partial charge is 0.241 e. The number of hydrogen-bond donors (Lipinski definition) is 1. The number of nitrogens with zero attached hydrogens (tertiary/aromatic N) is 2. The topological polar surface area (TPSA) is 79.0 Å². The second-order valence-electron chi connectivity index (χ2n) is 9.11. The van der Waals surface area contributed by atoms with E-state index < -0.39 is 10.0 Å². The van der Waals surface area contributed by atoms with E-state index in [1.165, 1.54) is 18.4 Å². The summed E-state index contributed by atoms with van der Waals surface area (Å²) < 4.78 is 31.7. The largest absolute Gasteiger partial charge is 0.489 e. The molecule has 1 amide bonds. The van der Waals surface area contributed by atoms with Crippen LogP contribution >= 0.6 is 0 Å².